The predicted octanol–water partition coefficient (Wildman–Crippen LogP) is 5.39. The third-order valence-corrected chi connectivity index (χ3v) is 4.32. The second-order valence-electron chi connectivity index (χ2n) is 5.03. The highest BCUT2D eigenvalue weighted by Gasteiger charge is 2.17. The Balaban J connectivity index is 2.34. The molecule has 0 aromatic heterocycles. The summed E-state index contributed by atoms with van der Waals surface area (Å²) in [7, 11) is 1.96. The van der Waals surface area contributed by atoms with Crippen molar-refractivity contribution in [2.45, 2.75) is 19.9 Å². The van der Waals surface area contributed by atoms with Gasteiger partial charge < -0.3 is 4.90 Å². The van der Waals surface area contributed by atoms with E-state index in [0.29, 0.717) is 10.6 Å². The summed E-state index contributed by atoms with van der Waals surface area (Å²) >= 11 is 12.6. The van der Waals surface area contributed by atoms with Gasteiger partial charge in [-0.15, -0.1) is 0 Å². The summed E-state index contributed by atoms with van der Waals surface area (Å²) in [6.45, 7) is 3.60. The van der Waals surface area contributed by atoms with Crippen molar-refractivity contribution >= 4 is 34.7 Å². The van der Waals surface area contributed by atoms with Gasteiger partial charge in [0, 0.05) is 17.6 Å². The summed E-state index contributed by atoms with van der Waals surface area (Å²) in [6.07, 6.45) is 0. The maximum absolute atomic E-state index is 11.4. The first-order chi connectivity index (χ1) is 9.91. The van der Waals surface area contributed by atoms with Crippen molar-refractivity contribution in [2.75, 3.05) is 11.9 Å². The molecule has 0 saturated heterocycles. The minimum Gasteiger partial charge on any atom is -0.367 e. The first-order valence-electron chi connectivity index (χ1n) is 6.69. The highest BCUT2D eigenvalue weighted by Crippen LogP contribution is 2.34. The Kier molecular flexibility index (Phi) is 4.92. The van der Waals surface area contributed by atoms with Crippen LogP contribution >= 0.6 is 23.2 Å². The Bertz CT molecular complexity index is 670. The van der Waals surface area contributed by atoms with E-state index in [1.165, 1.54) is 6.92 Å². The normalized spacial score (nSPS) is 12.0. The van der Waals surface area contributed by atoms with Crippen molar-refractivity contribution in [3.63, 3.8) is 0 Å². The van der Waals surface area contributed by atoms with Crippen LogP contribution < -0.4 is 4.90 Å². The van der Waals surface area contributed by atoms with Gasteiger partial charge in [-0.05, 0) is 43.7 Å². The van der Waals surface area contributed by atoms with Gasteiger partial charge in [-0.1, -0.05) is 41.4 Å². The Morgan fingerprint density at radius 2 is 1.76 bits per heavy atom. The van der Waals surface area contributed by atoms with Gasteiger partial charge >= 0.3 is 0 Å². The van der Waals surface area contributed by atoms with E-state index in [2.05, 4.69) is 6.92 Å². The summed E-state index contributed by atoms with van der Waals surface area (Å²) in [5.74, 6) is 0.00487. The van der Waals surface area contributed by atoms with Crippen LogP contribution in [-0.2, 0) is 0 Å². The molecule has 0 heterocycles. The van der Waals surface area contributed by atoms with Crippen molar-refractivity contribution in [1.82, 2.24) is 0 Å². The van der Waals surface area contributed by atoms with Crippen LogP contribution in [0.5, 0.6) is 0 Å². The molecule has 2 aromatic rings. The van der Waals surface area contributed by atoms with E-state index in [1.807, 2.05) is 42.3 Å². The molecule has 2 rings (SSSR count). The number of ketones is 1. The Morgan fingerprint density at radius 3 is 2.33 bits per heavy atom. The van der Waals surface area contributed by atoms with Crippen LogP contribution in [-0.4, -0.2) is 12.8 Å². The smallest absolute Gasteiger partial charge is 0.159 e. The number of carbonyl (C=O) groups is 1. The van der Waals surface area contributed by atoms with E-state index in [-0.39, 0.29) is 11.8 Å². The van der Waals surface area contributed by atoms with Crippen molar-refractivity contribution in [1.29, 1.82) is 0 Å². The number of halogens is 2. The van der Waals surface area contributed by atoms with E-state index in [4.69, 9.17) is 23.2 Å². The van der Waals surface area contributed by atoms with E-state index in [9.17, 15) is 4.79 Å². The second-order valence-corrected chi connectivity index (χ2v) is 5.85. The van der Waals surface area contributed by atoms with Gasteiger partial charge in [0.2, 0.25) is 0 Å². The average Bonchev–Trinajstić information content (AvgIpc) is 2.46. The standard InChI is InChI=1S/C17H17Cl2NO/c1-11(14-6-4-5-7-15(14)18)20(3)17-9-8-13(12(2)21)10-16(17)19/h4-11H,1-3H3. The molecule has 0 saturated carbocycles. The van der Waals surface area contributed by atoms with Gasteiger partial charge in [0.15, 0.2) is 5.78 Å². The minimum absolute atomic E-state index is 0.00487. The average molecular weight is 322 g/mol. The van der Waals surface area contributed by atoms with Gasteiger partial charge in [-0.2, -0.15) is 0 Å². The summed E-state index contributed by atoms with van der Waals surface area (Å²) in [4.78, 5) is 13.4. The molecule has 21 heavy (non-hydrogen) atoms. The molecule has 4 heteroatoms. The molecule has 1 atom stereocenters. The van der Waals surface area contributed by atoms with Gasteiger partial charge in [0.25, 0.3) is 0 Å². The number of carbonyl (C=O) groups excluding carboxylic acids is 1. The fourth-order valence-corrected chi connectivity index (χ4v) is 2.85. The zero-order valence-electron chi connectivity index (χ0n) is 12.2. The molecule has 2 aromatic carbocycles. The fourth-order valence-electron chi connectivity index (χ4n) is 2.24. The summed E-state index contributed by atoms with van der Waals surface area (Å²) in [5.41, 5.74) is 2.52. The SMILES string of the molecule is CC(=O)c1ccc(N(C)C(C)c2ccccc2Cl)c(Cl)c1. The van der Waals surface area contributed by atoms with Gasteiger partial charge in [-0.3, -0.25) is 4.79 Å². The molecular weight excluding hydrogens is 305 g/mol. The van der Waals surface area contributed by atoms with Crippen LogP contribution in [0.15, 0.2) is 42.5 Å². The number of hydrogen-bond donors (Lipinski definition) is 0. The van der Waals surface area contributed by atoms with E-state index in [1.54, 1.807) is 12.1 Å². The molecule has 0 N–H and O–H groups in total. The lowest BCUT2D eigenvalue weighted by Crippen LogP contribution is -2.22. The lowest BCUT2D eigenvalue weighted by molar-refractivity contribution is 0.101. The molecule has 0 aliphatic heterocycles. The molecule has 0 aliphatic rings. The second kappa shape index (κ2) is 6.50. The van der Waals surface area contributed by atoms with Crippen molar-refractivity contribution in [3.8, 4) is 0 Å². The molecule has 0 aliphatic carbocycles. The van der Waals surface area contributed by atoms with Gasteiger partial charge in [0.1, 0.15) is 0 Å². The number of anilines is 1. The number of rotatable bonds is 4. The number of hydrogen-bond acceptors (Lipinski definition) is 2. The molecule has 1 unspecified atom stereocenters. The largest absolute Gasteiger partial charge is 0.367 e. The third kappa shape index (κ3) is 3.39. The molecule has 0 amide bonds. The molecule has 0 radical (unpaired) electrons. The monoisotopic (exact) mass is 321 g/mol. The maximum Gasteiger partial charge on any atom is 0.159 e. The zero-order valence-corrected chi connectivity index (χ0v) is 13.7. The van der Waals surface area contributed by atoms with E-state index >= 15 is 0 Å². The minimum atomic E-state index is 0.00487. The highest BCUT2D eigenvalue weighted by atomic mass is 35.5. The maximum atomic E-state index is 11.4. The topological polar surface area (TPSA) is 20.3 Å². The summed E-state index contributed by atoms with van der Waals surface area (Å²) in [5, 5.41) is 1.29. The van der Waals surface area contributed by atoms with E-state index < -0.39 is 0 Å². The third-order valence-electron chi connectivity index (χ3n) is 3.67. The van der Waals surface area contributed by atoms with Crippen LogP contribution in [0.4, 0.5) is 5.69 Å². The summed E-state index contributed by atoms with van der Waals surface area (Å²) < 4.78 is 0. The zero-order chi connectivity index (χ0) is 15.6. The molecule has 0 spiro atoms. The Morgan fingerprint density at radius 1 is 1.10 bits per heavy atom. The van der Waals surface area contributed by atoms with E-state index in [0.717, 1.165) is 16.3 Å². The first-order valence-corrected chi connectivity index (χ1v) is 7.45. The quantitative estimate of drug-likeness (QED) is 0.703. The van der Waals surface area contributed by atoms with Crippen LogP contribution in [0.2, 0.25) is 10.0 Å². The van der Waals surface area contributed by atoms with Crippen molar-refractivity contribution in [2.24, 2.45) is 0 Å². The lowest BCUT2D eigenvalue weighted by Gasteiger charge is -2.29. The molecule has 110 valence electrons. The highest BCUT2D eigenvalue weighted by molar-refractivity contribution is 6.33. The molecule has 0 bridgehead atoms. The molecule has 0 fully saturated rings. The van der Waals surface area contributed by atoms with Crippen LogP contribution in [0.3, 0.4) is 0 Å². The van der Waals surface area contributed by atoms with Crippen LogP contribution in [0.25, 0.3) is 0 Å². The van der Waals surface area contributed by atoms with Crippen LogP contribution in [0.1, 0.15) is 35.8 Å². The first kappa shape index (κ1) is 15.9. The van der Waals surface area contributed by atoms with Gasteiger partial charge in [0.05, 0.1) is 16.8 Å². The molecular formula is C17H17Cl2NO. The Labute approximate surface area is 135 Å². The van der Waals surface area contributed by atoms with Crippen LogP contribution in [0, 0.1) is 0 Å². The molecule has 2 nitrogen and oxygen atoms in total. The van der Waals surface area contributed by atoms with Crippen molar-refractivity contribution in [3.05, 3.63) is 63.6 Å². The van der Waals surface area contributed by atoms with Crippen molar-refractivity contribution < 1.29 is 4.79 Å². The van der Waals surface area contributed by atoms with Gasteiger partial charge in [-0.25, -0.2) is 0 Å². The number of benzene rings is 2. The Hall–Kier alpha value is -1.51. The number of Topliss-reactive ketones (excluding diaryl/α,β-unsaturated/α-hetero) is 1. The summed E-state index contributed by atoms with van der Waals surface area (Å²) in [6, 6.07) is 13.2. The lowest BCUT2D eigenvalue weighted by atomic mass is 10.1. The number of nitrogens with zero attached hydrogens (tertiary/aromatic N) is 1. The fraction of sp³-hybridized carbons (Fsp3) is 0.235. The predicted molar refractivity (Wildman–Crippen MR) is 89.7 cm³/mol.